The van der Waals surface area contributed by atoms with Crippen molar-refractivity contribution in [2.24, 2.45) is 0 Å². The number of nitrogens with zero attached hydrogens (tertiary/aromatic N) is 2. The quantitative estimate of drug-likeness (QED) is 0.763. The lowest BCUT2D eigenvalue weighted by atomic mass is 10.2. The molecule has 0 spiro atoms. The third-order valence-corrected chi connectivity index (χ3v) is 4.90. The summed E-state index contributed by atoms with van der Waals surface area (Å²) in [7, 11) is 0. The highest BCUT2D eigenvalue weighted by Crippen LogP contribution is 2.16. The molecule has 0 saturated carbocycles. The topological polar surface area (TPSA) is 73.1 Å². The zero-order valence-corrected chi connectivity index (χ0v) is 14.9. The van der Waals surface area contributed by atoms with E-state index in [1.807, 2.05) is 38.1 Å². The highest BCUT2D eigenvalue weighted by molar-refractivity contribution is 7.17. The third-order valence-electron chi connectivity index (χ3n) is 4.00. The number of carbonyl (C=O) groups is 1. The summed E-state index contributed by atoms with van der Waals surface area (Å²) in [5, 5.41) is 4.59. The molecule has 6 nitrogen and oxygen atoms in total. The Morgan fingerprint density at radius 2 is 1.92 bits per heavy atom. The van der Waals surface area contributed by atoms with Gasteiger partial charge in [0.15, 0.2) is 0 Å². The van der Waals surface area contributed by atoms with E-state index in [-0.39, 0.29) is 18.0 Å². The van der Waals surface area contributed by atoms with Gasteiger partial charge in [-0.25, -0.2) is 4.79 Å². The largest absolute Gasteiger partial charge is 0.332 e. The molecule has 3 aromatic rings. The maximum Gasteiger partial charge on any atom is 0.332 e. The van der Waals surface area contributed by atoms with Crippen molar-refractivity contribution < 1.29 is 4.79 Å². The van der Waals surface area contributed by atoms with Crippen LogP contribution in [0.1, 0.15) is 18.9 Å². The first-order valence-electron chi connectivity index (χ1n) is 8.09. The number of rotatable bonds is 5. The zero-order chi connectivity index (χ0) is 18.0. The van der Waals surface area contributed by atoms with Gasteiger partial charge in [0, 0.05) is 12.2 Å². The van der Waals surface area contributed by atoms with Crippen molar-refractivity contribution in [2.75, 3.05) is 5.32 Å². The first kappa shape index (κ1) is 17.2. The van der Waals surface area contributed by atoms with E-state index in [1.54, 1.807) is 11.4 Å². The molecule has 1 aromatic carbocycles. The molecule has 2 heterocycles. The minimum Gasteiger partial charge on any atom is -0.324 e. The van der Waals surface area contributed by atoms with Crippen molar-refractivity contribution in [3.8, 4) is 0 Å². The number of hydrogen-bond donors (Lipinski definition) is 1. The van der Waals surface area contributed by atoms with Crippen LogP contribution in [0.3, 0.4) is 0 Å². The zero-order valence-electron chi connectivity index (χ0n) is 14.1. The fourth-order valence-electron chi connectivity index (χ4n) is 2.75. The normalized spacial score (nSPS) is 11.0. The maximum atomic E-state index is 12.7. The second kappa shape index (κ2) is 7.06. The van der Waals surface area contributed by atoms with E-state index < -0.39 is 5.69 Å². The van der Waals surface area contributed by atoms with Crippen LogP contribution in [0.4, 0.5) is 5.69 Å². The van der Waals surface area contributed by atoms with Crippen molar-refractivity contribution in [3.63, 3.8) is 0 Å². The Morgan fingerprint density at radius 1 is 1.16 bits per heavy atom. The summed E-state index contributed by atoms with van der Waals surface area (Å²) < 4.78 is 3.08. The molecule has 130 valence electrons. The number of aryl methyl sites for hydroxylation is 1. The summed E-state index contributed by atoms with van der Waals surface area (Å²) in [6.45, 7) is 4.01. The first-order chi connectivity index (χ1) is 12.0. The number of benzene rings is 1. The molecule has 0 saturated heterocycles. The Hall–Kier alpha value is -2.67. The van der Waals surface area contributed by atoms with Gasteiger partial charge in [-0.05, 0) is 36.4 Å². The van der Waals surface area contributed by atoms with Crippen LogP contribution >= 0.6 is 11.3 Å². The lowest BCUT2D eigenvalue weighted by Gasteiger charge is -2.12. The number of anilines is 1. The second-order valence-electron chi connectivity index (χ2n) is 5.82. The molecule has 0 aliphatic rings. The number of nitrogens with one attached hydrogen (secondary N) is 1. The first-order valence-corrected chi connectivity index (χ1v) is 8.97. The molecule has 0 atom stereocenters. The average molecular weight is 357 g/mol. The van der Waals surface area contributed by atoms with Gasteiger partial charge in [-0.2, -0.15) is 0 Å². The Balaban J connectivity index is 2.00. The van der Waals surface area contributed by atoms with E-state index in [2.05, 4.69) is 5.32 Å². The predicted octanol–water partition coefficient (Wildman–Crippen LogP) is 2.58. The summed E-state index contributed by atoms with van der Waals surface area (Å²) in [6.07, 6.45) is 0.668. The highest BCUT2D eigenvalue weighted by atomic mass is 32.1. The van der Waals surface area contributed by atoms with Crippen molar-refractivity contribution in [1.82, 2.24) is 9.13 Å². The summed E-state index contributed by atoms with van der Waals surface area (Å²) in [4.78, 5) is 37.6. The number of carbonyl (C=O) groups excluding carboxylic acids is 1. The number of para-hydroxylation sites is 1. The maximum absolute atomic E-state index is 12.7. The molecule has 0 unspecified atom stereocenters. The fourth-order valence-corrected chi connectivity index (χ4v) is 3.60. The molecule has 0 fully saturated rings. The molecule has 7 heteroatoms. The van der Waals surface area contributed by atoms with Gasteiger partial charge in [0.2, 0.25) is 5.91 Å². The van der Waals surface area contributed by atoms with Crippen molar-refractivity contribution in [3.05, 3.63) is 62.1 Å². The minimum atomic E-state index is -0.447. The Kier molecular flexibility index (Phi) is 4.85. The molecule has 0 aliphatic heterocycles. The molecule has 25 heavy (non-hydrogen) atoms. The standard InChI is InChI=1S/C18H19N3O3S/c1-3-9-20-17(23)16-14(8-10-25-16)21(18(20)24)11-15(22)19-13-7-5-4-6-12(13)2/h4-8,10H,3,9,11H2,1-2H3,(H,19,22). The van der Waals surface area contributed by atoms with Gasteiger partial charge in [-0.1, -0.05) is 25.1 Å². The van der Waals surface area contributed by atoms with Crippen LogP contribution in [-0.4, -0.2) is 15.0 Å². The van der Waals surface area contributed by atoms with Crippen LogP contribution in [0.5, 0.6) is 0 Å². The summed E-state index contributed by atoms with van der Waals surface area (Å²) in [5.41, 5.74) is 1.43. The van der Waals surface area contributed by atoms with Crippen molar-refractivity contribution in [2.45, 2.75) is 33.4 Å². The monoisotopic (exact) mass is 357 g/mol. The van der Waals surface area contributed by atoms with Crippen LogP contribution in [0.2, 0.25) is 0 Å². The highest BCUT2D eigenvalue weighted by Gasteiger charge is 2.16. The SMILES string of the molecule is CCCn1c(=O)c2sccc2n(CC(=O)Nc2ccccc2C)c1=O. The molecule has 1 amide bonds. The van der Waals surface area contributed by atoms with Crippen molar-refractivity contribution in [1.29, 1.82) is 0 Å². The second-order valence-corrected chi connectivity index (χ2v) is 6.74. The molecular weight excluding hydrogens is 338 g/mol. The molecule has 1 N–H and O–H groups in total. The summed E-state index contributed by atoms with van der Waals surface area (Å²) in [6, 6.07) is 9.16. The van der Waals surface area contributed by atoms with Gasteiger partial charge in [-0.15, -0.1) is 11.3 Å². The van der Waals surface area contributed by atoms with Crippen LogP contribution in [0.15, 0.2) is 45.3 Å². The Labute approximate surface area is 148 Å². The molecule has 3 rings (SSSR count). The molecule has 0 aliphatic carbocycles. The van der Waals surface area contributed by atoms with Gasteiger partial charge >= 0.3 is 5.69 Å². The minimum absolute atomic E-state index is 0.135. The number of amides is 1. The van der Waals surface area contributed by atoms with Gasteiger partial charge < -0.3 is 5.32 Å². The number of hydrogen-bond acceptors (Lipinski definition) is 4. The molecule has 0 radical (unpaired) electrons. The molecule has 2 aromatic heterocycles. The lowest BCUT2D eigenvalue weighted by molar-refractivity contribution is -0.116. The fraction of sp³-hybridized carbons (Fsp3) is 0.278. The lowest BCUT2D eigenvalue weighted by Crippen LogP contribution is -2.41. The van der Waals surface area contributed by atoms with Gasteiger partial charge in [0.1, 0.15) is 11.2 Å². The van der Waals surface area contributed by atoms with E-state index in [0.717, 1.165) is 5.56 Å². The Morgan fingerprint density at radius 3 is 2.64 bits per heavy atom. The number of fused-ring (bicyclic) bond motifs is 1. The molecular formula is C18H19N3O3S. The van der Waals surface area contributed by atoms with Crippen LogP contribution in [0, 0.1) is 6.92 Å². The van der Waals surface area contributed by atoms with E-state index in [1.165, 1.54) is 20.5 Å². The van der Waals surface area contributed by atoms with E-state index in [0.29, 0.717) is 28.9 Å². The van der Waals surface area contributed by atoms with E-state index in [9.17, 15) is 14.4 Å². The van der Waals surface area contributed by atoms with Crippen LogP contribution < -0.4 is 16.6 Å². The van der Waals surface area contributed by atoms with Crippen LogP contribution in [0.25, 0.3) is 10.2 Å². The number of thiophene rings is 1. The number of aromatic nitrogens is 2. The average Bonchev–Trinajstić information content (AvgIpc) is 3.07. The Bertz CT molecular complexity index is 1050. The third kappa shape index (κ3) is 3.28. The predicted molar refractivity (Wildman–Crippen MR) is 100 cm³/mol. The van der Waals surface area contributed by atoms with Crippen LogP contribution in [-0.2, 0) is 17.9 Å². The summed E-state index contributed by atoms with van der Waals surface area (Å²) in [5.74, 6) is -0.300. The van der Waals surface area contributed by atoms with Gasteiger partial charge in [-0.3, -0.25) is 18.7 Å². The van der Waals surface area contributed by atoms with Gasteiger partial charge in [0.25, 0.3) is 5.56 Å². The van der Waals surface area contributed by atoms with Gasteiger partial charge in [0.05, 0.1) is 5.52 Å². The van der Waals surface area contributed by atoms with E-state index in [4.69, 9.17) is 0 Å². The summed E-state index contributed by atoms with van der Waals surface area (Å²) >= 11 is 1.29. The molecule has 0 bridgehead atoms. The van der Waals surface area contributed by atoms with Crippen molar-refractivity contribution >= 4 is 33.1 Å². The smallest absolute Gasteiger partial charge is 0.324 e. The van der Waals surface area contributed by atoms with E-state index >= 15 is 0 Å².